The number of carboxylic acids is 1. The summed E-state index contributed by atoms with van der Waals surface area (Å²) in [6.07, 6.45) is 0. The number of rotatable bonds is 4. The van der Waals surface area contributed by atoms with Gasteiger partial charge < -0.3 is 15.2 Å². The second-order valence-corrected chi connectivity index (χ2v) is 5.77. The molecule has 1 amide bonds. The Labute approximate surface area is 148 Å². The van der Waals surface area contributed by atoms with Crippen LogP contribution in [0, 0.1) is 0 Å². The van der Waals surface area contributed by atoms with Crippen LogP contribution in [0.15, 0.2) is 54.6 Å². The van der Waals surface area contributed by atoms with Gasteiger partial charge in [-0.05, 0) is 35.0 Å². The third-order valence-corrected chi connectivity index (χ3v) is 4.04. The Hall–Kier alpha value is -3.05. The summed E-state index contributed by atoms with van der Waals surface area (Å²) in [5.41, 5.74) is 0.600. The van der Waals surface area contributed by atoms with E-state index in [-0.39, 0.29) is 27.9 Å². The molecule has 0 radical (unpaired) electrons. The normalized spacial score (nSPS) is 10.5. The van der Waals surface area contributed by atoms with Crippen molar-refractivity contribution in [3.63, 3.8) is 0 Å². The molecule has 25 heavy (non-hydrogen) atoms. The maximum atomic E-state index is 12.6. The number of fused-ring (bicyclic) bond motifs is 1. The molecule has 0 heterocycles. The minimum absolute atomic E-state index is 0.0420. The van der Waals surface area contributed by atoms with E-state index < -0.39 is 5.97 Å². The molecule has 0 aliphatic heterocycles. The zero-order valence-electron chi connectivity index (χ0n) is 13.2. The molecule has 3 aromatic rings. The highest BCUT2D eigenvalue weighted by molar-refractivity contribution is 6.33. The van der Waals surface area contributed by atoms with Crippen LogP contribution < -0.4 is 10.1 Å². The van der Waals surface area contributed by atoms with E-state index in [9.17, 15) is 9.59 Å². The zero-order valence-corrected chi connectivity index (χ0v) is 14.0. The lowest BCUT2D eigenvalue weighted by atomic mass is 10.1. The molecule has 0 spiro atoms. The van der Waals surface area contributed by atoms with Gasteiger partial charge in [0.15, 0.2) is 5.75 Å². The molecular weight excluding hydrogens is 342 g/mol. The average molecular weight is 356 g/mol. The highest BCUT2D eigenvalue weighted by Gasteiger charge is 2.17. The van der Waals surface area contributed by atoms with Gasteiger partial charge >= 0.3 is 5.97 Å². The fraction of sp³-hybridized carbons (Fsp3) is 0.0526. The van der Waals surface area contributed by atoms with Crippen molar-refractivity contribution in [3.8, 4) is 5.75 Å². The Balaban J connectivity index is 1.97. The molecule has 0 saturated carbocycles. The number of benzene rings is 3. The number of anilines is 1. The van der Waals surface area contributed by atoms with Gasteiger partial charge in [-0.25, -0.2) is 4.79 Å². The Morgan fingerprint density at radius 2 is 1.72 bits per heavy atom. The highest BCUT2D eigenvalue weighted by Crippen LogP contribution is 2.34. The van der Waals surface area contributed by atoms with E-state index in [0.717, 1.165) is 10.8 Å². The van der Waals surface area contributed by atoms with Gasteiger partial charge in [-0.3, -0.25) is 4.79 Å². The predicted octanol–water partition coefficient (Wildman–Crippen LogP) is 4.45. The van der Waals surface area contributed by atoms with Gasteiger partial charge in [0, 0.05) is 5.56 Å². The number of hydrogen-bond donors (Lipinski definition) is 2. The number of hydrogen-bond acceptors (Lipinski definition) is 3. The van der Waals surface area contributed by atoms with Crippen molar-refractivity contribution in [2.75, 3.05) is 12.4 Å². The topological polar surface area (TPSA) is 75.6 Å². The second-order valence-electron chi connectivity index (χ2n) is 5.36. The van der Waals surface area contributed by atoms with Crippen molar-refractivity contribution in [1.29, 1.82) is 0 Å². The van der Waals surface area contributed by atoms with Gasteiger partial charge in [0.2, 0.25) is 0 Å². The molecule has 3 aromatic carbocycles. The van der Waals surface area contributed by atoms with Crippen LogP contribution in [-0.2, 0) is 0 Å². The van der Waals surface area contributed by atoms with E-state index in [1.165, 1.54) is 19.2 Å². The first-order valence-corrected chi connectivity index (χ1v) is 7.78. The summed E-state index contributed by atoms with van der Waals surface area (Å²) < 4.78 is 5.18. The molecule has 6 heteroatoms. The third kappa shape index (κ3) is 3.41. The SMILES string of the molecule is COc1c(Cl)cc(C(=O)O)cc1NC(=O)c1ccc2ccccc2c1. The van der Waals surface area contributed by atoms with Crippen LogP contribution in [0.25, 0.3) is 10.8 Å². The van der Waals surface area contributed by atoms with Crippen LogP contribution in [-0.4, -0.2) is 24.1 Å². The average Bonchev–Trinajstić information content (AvgIpc) is 2.61. The Bertz CT molecular complexity index is 984. The van der Waals surface area contributed by atoms with Crippen molar-refractivity contribution in [3.05, 3.63) is 70.7 Å². The smallest absolute Gasteiger partial charge is 0.335 e. The molecule has 5 nitrogen and oxygen atoms in total. The number of methoxy groups -OCH3 is 1. The minimum atomic E-state index is -1.15. The summed E-state index contributed by atoms with van der Waals surface area (Å²) in [5, 5.41) is 13.9. The molecule has 3 rings (SSSR count). The molecular formula is C19H14ClNO4. The number of ether oxygens (including phenoxy) is 1. The van der Waals surface area contributed by atoms with Crippen LogP contribution in [0.4, 0.5) is 5.69 Å². The van der Waals surface area contributed by atoms with E-state index in [2.05, 4.69) is 5.32 Å². The Kier molecular flexibility index (Phi) is 4.59. The van der Waals surface area contributed by atoms with E-state index >= 15 is 0 Å². The summed E-state index contributed by atoms with van der Waals surface area (Å²) in [6.45, 7) is 0. The molecule has 0 saturated heterocycles. The fourth-order valence-electron chi connectivity index (χ4n) is 2.54. The summed E-state index contributed by atoms with van der Waals surface area (Å²) in [7, 11) is 1.40. The van der Waals surface area contributed by atoms with Crippen molar-refractivity contribution in [2.24, 2.45) is 0 Å². The molecule has 0 fully saturated rings. The Morgan fingerprint density at radius 1 is 1.00 bits per heavy atom. The lowest BCUT2D eigenvalue weighted by Crippen LogP contribution is -2.13. The standard InChI is InChI=1S/C19H14ClNO4/c1-25-17-15(20)9-14(19(23)24)10-16(17)21-18(22)13-7-6-11-4-2-3-5-12(11)8-13/h2-10H,1H3,(H,21,22)(H,23,24). The van der Waals surface area contributed by atoms with Gasteiger partial charge in [0.05, 0.1) is 23.4 Å². The van der Waals surface area contributed by atoms with Crippen molar-refractivity contribution >= 4 is 39.9 Å². The molecule has 0 aliphatic carbocycles. The molecule has 0 aliphatic rings. The lowest BCUT2D eigenvalue weighted by molar-refractivity contribution is 0.0696. The highest BCUT2D eigenvalue weighted by atomic mass is 35.5. The van der Waals surface area contributed by atoms with Crippen LogP contribution >= 0.6 is 11.6 Å². The van der Waals surface area contributed by atoms with E-state index in [0.29, 0.717) is 5.56 Å². The molecule has 0 unspecified atom stereocenters. The number of carbonyl (C=O) groups excluding carboxylic acids is 1. The van der Waals surface area contributed by atoms with Gasteiger partial charge in [0.1, 0.15) is 0 Å². The van der Waals surface area contributed by atoms with Crippen LogP contribution in [0.3, 0.4) is 0 Å². The van der Waals surface area contributed by atoms with Crippen LogP contribution in [0.5, 0.6) is 5.75 Å². The minimum Gasteiger partial charge on any atom is -0.493 e. The first-order chi connectivity index (χ1) is 12.0. The second kappa shape index (κ2) is 6.83. The molecule has 126 valence electrons. The zero-order chi connectivity index (χ0) is 18.0. The summed E-state index contributed by atoms with van der Waals surface area (Å²) in [5.74, 6) is -1.32. The third-order valence-electron chi connectivity index (χ3n) is 3.75. The Morgan fingerprint density at radius 3 is 2.40 bits per heavy atom. The number of carbonyl (C=O) groups is 2. The van der Waals surface area contributed by atoms with E-state index in [4.69, 9.17) is 21.4 Å². The summed E-state index contributed by atoms with van der Waals surface area (Å²) in [6, 6.07) is 15.6. The molecule has 0 aromatic heterocycles. The molecule has 2 N–H and O–H groups in total. The maximum Gasteiger partial charge on any atom is 0.335 e. The van der Waals surface area contributed by atoms with E-state index in [1.54, 1.807) is 12.1 Å². The van der Waals surface area contributed by atoms with E-state index in [1.807, 2.05) is 30.3 Å². The quantitative estimate of drug-likeness (QED) is 0.724. The summed E-state index contributed by atoms with van der Waals surface area (Å²) >= 11 is 6.05. The molecule has 0 bridgehead atoms. The van der Waals surface area contributed by atoms with Gasteiger partial charge in [-0.1, -0.05) is 41.9 Å². The first kappa shape index (κ1) is 16.8. The van der Waals surface area contributed by atoms with Gasteiger partial charge in [-0.2, -0.15) is 0 Å². The first-order valence-electron chi connectivity index (χ1n) is 7.40. The van der Waals surface area contributed by atoms with Crippen molar-refractivity contribution < 1.29 is 19.4 Å². The largest absolute Gasteiger partial charge is 0.493 e. The number of amides is 1. The monoisotopic (exact) mass is 355 g/mol. The fourth-order valence-corrected chi connectivity index (χ4v) is 2.84. The van der Waals surface area contributed by atoms with Crippen LogP contribution in [0.2, 0.25) is 5.02 Å². The van der Waals surface area contributed by atoms with Crippen molar-refractivity contribution in [2.45, 2.75) is 0 Å². The summed E-state index contributed by atoms with van der Waals surface area (Å²) in [4.78, 5) is 23.8. The van der Waals surface area contributed by atoms with Crippen LogP contribution in [0.1, 0.15) is 20.7 Å². The molecule has 0 atom stereocenters. The number of halogens is 1. The number of carboxylic acid groups (broad SMARTS) is 1. The lowest BCUT2D eigenvalue weighted by Gasteiger charge is -2.13. The number of aromatic carboxylic acids is 1. The predicted molar refractivity (Wildman–Crippen MR) is 96.9 cm³/mol. The van der Waals surface area contributed by atoms with Crippen molar-refractivity contribution in [1.82, 2.24) is 0 Å². The van der Waals surface area contributed by atoms with Gasteiger partial charge in [-0.15, -0.1) is 0 Å². The van der Waals surface area contributed by atoms with Gasteiger partial charge in [0.25, 0.3) is 5.91 Å². The number of nitrogens with one attached hydrogen (secondary N) is 1. The maximum absolute atomic E-state index is 12.6.